The smallest absolute Gasteiger partial charge is 0.255 e. The van der Waals surface area contributed by atoms with Crippen molar-refractivity contribution in [1.29, 1.82) is 0 Å². The van der Waals surface area contributed by atoms with E-state index in [-0.39, 0.29) is 5.91 Å². The number of thiazole rings is 1. The molecule has 4 aromatic rings. The fraction of sp³-hybridized carbons (Fsp3) is 0.261. The van der Waals surface area contributed by atoms with Crippen LogP contribution in [0.4, 0.5) is 5.69 Å². The van der Waals surface area contributed by atoms with Crippen LogP contribution >= 0.6 is 34.5 Å². The van der Waals surface area contributed by atoms with E-state index in [1.165, 1.54) is 0 Å². The second kappa shape index (κ2) is 8.39. The lowest BCUT2D eigenvalue weighted by molar-refractivity contribution is 0.0747. The van der Waals surface area contributed by atoms with Gasteiger partial charge in [0.05, 0.1) is 31.7 Å². The number of fused-ring (bicyclic) bond motifs is 1. The summed E-state index contributed by atoms with van der Waals surface area (Å²) >= 11 is 14.5. The number of amides is 1. The second-order valence-corrected chi connectivity index (χ2v) is 9.66. The lowest BCUT2D eigenvalue weighted by atomic mass is 10.1. The molecule has 32 heavy (non-hydrogen) atoms. The fourth-order valence-corrected chi connectivity index (χ4v) is 5.56. The van der Waals surface area contributed by atoms with Gasteiger partial charge in [0.25, 0.3) is 5.91 Å². The van der Waals surface area contributed by atoms with E-state index in [4.69, 9.17) is 28.2 Å². The van der Waals surface area contributed by atoms with Crippen molar-refractivity contribution in [2.24, 2.45) is 0 Å². The summed E-state index contributed by atoms with van der Waals surface area (Å²) in [6.07, 6.45) is 0. The molecule has 0 radical (unpaired) electrons. The van der Waals surface area contributed by atoms with Gasteiger partial charge in [0.2, 0.25) is 5.13 Å². The van der Waals surface area contributed by atoms with Crippen molar-refractivity contribution in [1.82, 2.24) is 19.7 Å². The Morgan fingerprint density at radius 1 is 1.00 bits per heavy atom. The summed E-state index contributed by atoms with van der Waals surface area (Å²) < 4.78 is 2.93. The first-order chi connectivity index (χ1) is 15.4. The van der Waals surface area contributed by atoms with Gasteiger partial charge in [-0.25, -0.2) is 9.67 Å². The molecule has 0 aliphatic carbocycles. The number of hydrogen-bond acceptors (Lipinski definition) is 5. The Bertz CT molecular complexity index is 1320. The molecule has 1 amide bonds. The van der Waals surface area contributed by atoms with E-state index in [1.807, 2.05) is 53.8 Å². The molecule has 0 unspecified atom stereocenters. The van der Waals surface area contributed by atoms with Gasteiger partial charge in [-0.2, -0.15) is 5.10 Å². The number of carbonyl (C=O) groups is 1. The molecular weight excluding hydrogens is 465 g/mol. The van der Waals surface area contributed by atoms with Gasteiger partial charge in [-0.05, 0) is 44.2 Å². The Hall–Kier alpha value is -2.61. The molecule has 0 spiro atoms. The molecule has 5 rings (SSSR count). The molecule has 164 valence electrons. The molecule has 1 fully saturated rings. The van der Waals surface area contributed by atoms with Gasteiger partial charge in [-0.3, -0.25) is 4.79 Å². The second-order valence-electron chi connectivity index (χ2n) is 7.84. The average Bonchev–Trinajstić information content (AvgIpc) is 3.36. The largest absolute Gasteiger partial charge is 0.365 e. The molecule has 1 aliphatic rings. The number of benzene rings is 2. The summed E-state index contributed by atoms with van der Waals surface area (Å²) in [5.41, 5.74) is 4.32. The van der Waals surface area contributed by atoms with Gasteiger partial charge < -0.3 is 9.80 Å². The minimum atomic E-state index is -0.0416. The molecule has 0 saturated carbocycles. The fourth-order valence-electron chi connectivity index (χ4n) is 4.10. The Labute approximate surface area is 200 Å². The maximum absolute atomic E-state index is 12.9. The van der Waals surface area contributed by atoms with Crippen molar-refractivity contribution in [3.8, 4) is 5.13 Å². The highest BCUT2D eigenvalue weighted by atomic mass is 35.5. The maximum Gasteiger partial charge on any atom is 0.255 e. The van der Waals surface area contributed by atoms with Crippen molar-refractivity contribution in [2.75, 3.05) is 31.1 Å². The zero-order chi connectivity index (χ0) is 22.4. The van der Waals surface area contributed by atoms with Crippen LogP contribution in [0.2, 0.25) is 10.0 Å². The quantitative estimate of drug-likeness (QED) is 0.391. The van der Waals surface area contributed by atoms with E-state index >= 15 is 0 Å². The molecule has 6 nitrogen and oxygen atoms in total. The van der Waals surface area contributed by atoms with E-state index in [0.717, 1.165) is 32.4 Å². The van der Waals surface area contributed by atoms with Crippen LogP contribution in [0.5, 0.6) is 0 Å². The minimum absolute atomic E-state index is 0.0416. The molecule has 9 heteroatoms. The van der Waals surface area contributed by atoms with Crippen LogP contribution in [0.25, 0.3) is 15.3 Å². The maximum atomic E-state index is 12.9. The first-order valence-corrected chi connectivity index (χ1v) is 11.9. The van der Waals surface area contributed by atoms with Crippen LogP contribution in [0.15, 0.2) is 42.5 Å². The van der Waals surface area contributed by atoms with E-state index in [0.29, 0.717) is 41.8 Å². The number of hydrogen-bond donors (Lipinski definition) is 0. The lowest BCUT2D eigenvalue weighted by Crippen LogP contribution is -2.49. The van der Waals surface area contributed by atoms with Crippen LogP contribution < -0.4 is 4.90 Å². The summed E-state index contributed by atoms with van der Waals surface area (Å²) in [6.45, 7) is 6.51. The molecule has 0 N–H and O–H groups in total. The predicted octanol–water partition coefficient (Wildman–Crippen LogP) is 5.37. The number of carbonyl (C=O) groups excluding carboxylic acids is 1. The molecule has 0 bridgehead atoms. The van der Waals surface area contributed by atoms with Crippen molar-refractivity contribution >= 4 is 56.3 Å². The lowest BCUT2D eigenvalue weighted by Gasteiger charge is -2.36. The number of nitrogens with zero attached hydrogens (tertiary/aromatic N) is 5. The van der Waals surface area contributed by atoms with E-state index in [1.54, 1.807) is 23.5 Å². The number of rotatable bonds is 3. The third-order valence-corrected chi connectivity index (χ3v) is 7.28. The van der Waals surface area contributed by atoms with Gasteiger partial charge in [-0.15, -0.1) is 0 Å². The Kier molecular flexibility index (Phi) is 5.57. The Morgan fingerprint density at radius 2 is 1.75 bits per heavy atom. The standard InChI is InChI=1S/C23H21Cl2N5OS/c1-14-13-15(2)30(27-14)23-26-20-19(32-23)8-7-18(25)21(20)28-9-11-29(12-10-28)22(31)16-5-3-4-6-17(16)24/h3-8,13H,9-12H2,1-2H3. The van der Waals surface area contributed by atoms with Crippen LogP contribution in [0.1, 0.15) is 21.7 Å². The molecule has 2 aromatic carbocycles. The zero-order valence-corrected chi connectivity index (χ0v) is 20.0. The Balaban J connectivity index is 1.42. The first kappa shape index (κ1) is 21.2. The summed E-state index contributed by atoms with van der Waals surface area (Å²) in [5.74, 6) is -0.0416. The van der Waals surface area contributed by atoms with E-state index < -0.39 is 0 Å². The SMILES string of the molecule is Cc1cc(C)n(-c2nc3c(N4CCN(C(=O)c5ccccc5Cl)CC4)c(Cl)ccc3s2)n1. The van der Waals surface area contributed by atoms with Gasteiger partial charge >= 0.3 is 0 Å². The van der Waals surface area contributed by atoms with Crippen LogP contribution in [0.3, 0.4) is 0 Å². The van der Waals surface area contributed by atoms with Gasteiger partial charge in [0, 0.05) is 31.9 Å². The van der Waals surface area contributed by atoms with Crippen molar-refractivity contribution in [3.05, 3.63) is 69.5 Å². The molecule has 3 heterocycles. The number of halogens is 2. The molecule has 0 atom stereocenters. The summed E-state index contributed by atoms with van der Waals surface area (Å²) in [7, 11) is 0. The highest BCUT2D eigenvalue weighted by Gasteiger charge is 2.26. The number of anilines is 1. The van der Waals surface area contributed by atoms with E-state index in [9.17, 15) is 4.79 Å². The summed E-state index contributed by atoms with van der Waals surface area (Å²) in [6, 6.07) is 13.1. The van der Waals surface area contributed by atoms with Gasteiger partial charge in [0.1, 0.15) is 5.52 Å². The molecular formula is C23H21Cl2N5OS. The first-order valence-electron chi connectivity index (χ1n) is 10.3. The Morgan fingerprint density at radius 3 is 2.44 bits per heavy atom. The summed E-state index contributed by atoms with van der Waals surface area (Å²) in [4.78, 5) is 21.9. The van der Waals surface area contributed by atoms with Crippen molar-refractivity contribution < 1.29 is 4.79 Å². The average molecular weight is 486 g/mol. The predicted molar refractivity (Wildman–Crippen MR) is 131 cm³/mol. The van der Waals surface area contributed by atoms with Crippen molar-refractivity contribution in [2.45, 2.75) is 13.8 Å². The van der Waals surface area contributed by atoms with Crippen LogP contribution in [-0.4, -0.2) is 51.8 Å². The van der Waals surface area contributed by atoms with Crippen LogP contribution in [0, 0.1) is 13.8 Å². The molecule has 1 saturated heterocycles. The molecule has 1 aliphatic heterocycles. The third kappa shape index (κ3) is 3.74. The summed E-state index contributed by atoms with van der Waals surface area (Å²) in [5, 5.41) is 6.53. The normalized spacial score (nSPS) is 14.4. The highest BCUT2D eigenvalue weighted by molar-refractivity contribution is 7.20. The monoisotopic (exact) mass is 485 g/mol. The highest BCUT2D eigenvalue weighted by Crippen LogP contribution is 2.38. The number of aryl methyl sites for hydroxylation is 2. The van der Waals surface area contributed by atoms with Gasteiger partial charge in [-0.1, -0.05) is 46.7 Å². The zero-order valence-electron chi connectivity index (χ0n) is 17.7. The van der Waals surface area contributed by atoms with Gasteiger partial charge in [0.15, 0.2) is 0 Å². The number of piperazine rings is 1. The minimum Gasteiger partial charge on any atom is -0.365 e. The van der Waals surface area contributed by atoms with E-state index in [2.05, 4.69) is 10.00 Å². The number of aromatic nitrogens is 3. The third-order valence-electron chi connectivity index (χ3n) is 5.65. The van der Waals surface area contributed by atoms with Crippen LogP contribution in [-0.2, 0) is 0 Å². The molecule has 2 aromatic heterocycles. The topological polar surface area (TPSA) is 54.3 Å². The van der Waals surface area contributed by atoms with Crippen molar-refractivity contribution in [3.63, 3.8) is 0 Å².